The number of hydrogen-bond acceptors (Lipinski definition) is 4. The molecule has 0 bridgehead atoms. The van der Waals surface area contributed by atoms with Crippen molar-refractivity contribution in [2.24, 2.45) is 0 Å². The SMILES string of the molecule is Cc1nc2c(C)cccn2c1C(=O)NCCCC(=O)Nc1ccc(F)cn1. The van der Waals surface area contributed by atoms with Crippen LogP contribution in [0.5, 0.6) is 0 Å². The van der Waals surface area contributed by atoms with Crippen LogP contribution in [0.3, 0.4) is 0 Å². The summed E-state index contributed by atoms with van der Waals surface area (Å²) >= 11 is 0. The minimum atomic E-state index is -0.464. The van der Waals surface area contributed by atoms with Gasteiger partial charge in [0.1, 0.15) is 23.0 Å². The summed E-state index contributed by atoms with van der Waals surface area (Å²) in [7, 11) is 0. The van der Waals surface area contributed by atoms with Gasteiger partial charge in [-0.1, -0.05) is 6.07 Å². The van der Waals surface area contributed by atoms with Crippen molar-refractivity contribution in [2.75, 3.05) is 11.9 Å². The lowest BCUT2D eigenvalue weighted by Crippen LogP contribution is -2.27. The molecule has 8 heteroatoms. The Balaban J connectivity index is 1.51. The van der Waals surface area contributed by atoms with Crippen LogP contribution in [0.2, 0.25) is 0 Å². The topological polar surface area (TPSA) is 88.4 Å². The number of fused-ring (bicyclic) bond motifs is 1. The van der Waals surface area contributed by atoms with Crippen molar-refractivity contribution < 1.29 is 14.0 Å². The van der Waals surface area contributed by atoms with Gasteiger partial charge < -0.3 is 10.6 Å². The Bertz CT molecular complexity index is 982. The van der Waals surface area contributed by atoms with Gasteiger partial charge >= 0.3 is 0 Å². The molecular formula is C19H20FN5O2. The summed E-state index contributed by atoms with van der Waals surface area (Å²) < 4.78 is 14.6. The first-order chi connectivity index (χ1) is 13.0. The normalized spacial score (nSPS) is 10.8. The van der Waals surface area contributed by atoms with Crippen molar-refractivity contribution in [3.63, 3.8) is 0 Å². The number of imidazole rings is 1. The van der Waals surface area contributed by atoms with Crippen molar-refractivity contribution in [1.82, 2.24) is 19.7 Å². The zero-order valence-corrected chi connectivity index (χ0v) is 15.1. The maximum Gasteiger partial charge on any atom is 0.270 e. The predicted octanol–water partition coefficient (Wildman–Crippen LogP) is 2.63. The number of hydrogen-bond donors (Lipinski definition) is 2. The average molecular weight is 369 g/mol. The Morgan fingerprint density at radius 3 is 2.78 bits per heavy atom. The van der Waals surface area contributed by atoms with Crippen LogP contribution in [-0.4, -0.2) is 32.7 Å². The lowest BCUT2D eigenvalue weighted by molar-refractivity contribution is -0.116. The number of pyridine rings is 2. The lowest BCUT2D eigenvalue weighted by Gasteiger charge is -2.07. The summed E-state index contributed by atoms with van der Waals surface area (Å²) in [6.45, 7) is 4.09. The van der Waals surface area contributed by atoms with E-state index in [2.05, 4.69) is 20.6 Å². The van der Waals surface area contributed by atoms with Crippen molar-refractivity contribution in [3.05, 3.63) is 59.4 Å². The maximum atomic E-state index is 12.8. The molecule has 140 valence electrons. The zero-order valence-electron chi connectivity index (χ0n) is 15.1. The van der Waals surface area contributed by atoms with Crippen LogP contribution in [0.1, 0.15) is 34.6 Å². The molecule has 0 radical (unpaired) electrons. The molecule has 3 aromatic heterocycles. The van der Waals surface area contributed by atoms with Crippen LogP contribution < -0.4 is 10.6 Å². The molecule has 3 rings (SSSR count). The van der Waals surface area contributed by atoms with Gasteiger partial charge in [0.15, 0.2) is 0 Å². The van der Waals surface area contributed by atoms with Gasteiger partial charge in [0.25, 0.3) is 5.91 Å². The van der Waals surface area contributed by atoms with Gasteiger partial charge in [-0.3, -0.25) is 14.0 Å². The average Bonchev–Trinajstić information content (AvgIpc) is 2.98. The molecule has 7 nitrogen and oxygen atoms in total. The summed E-state index contributed by atoms with van der Waals surface area (Å²) in [6, 6.07) is 6.43. The Morgan fingerprint density at radius 2 is 2.04 bits per heavy atom. The molecule has 0 unspecified atom stereocenters. The number of aryl methyl sites for hydroxylation is 2. The van der Waals surface area contributed by atoms with E-state index in [0.29, 0.717) is 30.2 Å². The largest absolute Gasteiger partial charge is 0.351 e. The third kappa shape index (κ3) is 4.28. The third-order valence-corrected chi connectivity index (χ3v) is 4.10. The first kappa shape index (κ1) is 18.5. The van der Waals surface area contributed by atoms with Crippen LogP contribution in [0.25, 0.3) is 5.65 Å². The molecule has 0 aliphatic rings. The molecule has 0 aliphatic heterocycles. The molecule has 0 saturated heterocycles. The van der Waals surface area contributed by atoms with Crippen LogP contribution in [0, 0.1) is 19.7 Å². The van der Waals surface area contributed by atoms with E-state index in [0.717, 1.165) is 17.4 Å². The smallest absolute Gasteiger partial charge is 0.270 e. The summed E-state index contributed by atoms with van der Waals surface area (Å²) in [6.07, 6.45) is 3.52. The van der Waals surface area contributed by atoms with Gasteiger partial charge in [-0.05, 0) is 44.0 Å². The van der Waals surface area contributed by atoms with Gasteiger partial charge in [-0.15, -0.1) is 0 Å². The quantitative estimate of drug-likeness (QED) is 0.654. The molecule has 0 saturated carbocycles. The number of halogens is 1. The highest BCUT2D eigenvalue weighted by molar-refractivity contribution is 5.95. The Morgan fingerprint density at radius 1 is 1.22 bits per heavy atom. The number of rotatable bonds is 6. The van der Waals surface area contributed by atoms with Crippen molar-refractivity contribution in [1.29, 1.82) is 0 Å². The molecule has 2 amide bonds. The molecule has 0 fully saturated rings. The number of nitrogens with zero attached hydrogens (tertiary/aromatic N) is 3. The number of carbonyl (C=O) groups is 2. The highest BCUT2D eigenvalue weighted by Gasteiger charge is 2.17. The van der Waals surface area contributed by atoms with Gasteiger partial charge in [0.05, 0.1) is 11.9 Å². The summed E-state index contributed by atoms with van der Waals surface area (Å²) in [5.74, 6) is -0.646. The van der Waals surface area contributed by atoms with Crippen molar-refractivity contribution >= 4 is 23.3 Å². The molecule has 27 heavy (non-hydrogen) atoms. The summed E-state index contributed by atoms with van der Waals surface area (Å²) in [5.41, 5.74) is 2.90. The minimum absolute atomic E-state index is 0.213. The number of carbonyl (C=O) groups excluding carboxylic acids is 2. The highest BCUT2D eigenvalue weighted by Crippen LogP contribution is 2.15. The van der Waals surface area contributed by atoms with Crippen LogP contribution in [0.15, 0.2) is 36.7 Å². The van der Waals surface area contributed by atoms with Crippen LogP contribution in [0.4, 0.5) is 10.2 Å². The fourth-order valence-corrected chi connectivity index (χ4v) is 2.78. The lowest BCUT2D eigenvalue weighted by atomic mass is 10.2. The highest BCUT2D eigenvalue weighted by atomic mass is 19.1. The number of aromatic nitrogens is 3. The fourth-order valence-electron chi connectivity index (χ4n) is 2.78. The van der Waals surface area contributed by atoms with E-state index in [1.807, 2.05) is 19.1 Å². The van der Waals surface area contributed by atoms with E-state index in [1.165, 1.54) is 12.1 Å². The van der Waals surface area contributed by atoms with Crippen LogP contribution in [-0.2, 0) is 4.79 Å². The second kappa shape index (κ2) is 7.94. The number of anilines is 1. The number of nitrogens with one attached hydrogen (secondary N) is 2. The van der Waals surface area contributed by atoms with Crippen molar-refractivity contribution in [2.45, 2.75) is 26.7 Å². The van der Waals surface area contributed by atoms with E-state index in [4.69, 9.17) is 0 Å². The monoisotopic (exact) mass is 369 g/mol. The zero-order chi connectivity index (χ0) is 19.4. The minimum Gasteiger partial charge on any atom is -0.351 e. The van der Waals surface area contributed by atoms with Crippen molar-refractivity contribution in [3.8, 4) is 0 Å². The molecule has 0 atom stereocenters. The van der Waals surface area contributed by atoms with Crippen LogP contribution >= 0.6 is 0 Å². The van der Waals surface area contributed by atoms with Gasteiger partial charge in [-0.2, -0.15) is 0 Å². The van der Waals surface area contributed by atoms with E-state index in [9.17, 15) is 14.0 Å². The first-order valence-corrected chi connectivity index (χ1v) is 8.59. The first-order valence-electron chi connectivity index (χ1n) is 8.59. The van der Waals surface area contributed by atoms with Gasteiger partial charge in [0, 0.05) is 19.2 Å². The Hall–Kier alpha value is -3.29. The van der Waals surface area contributed by atoms with Gasteiger partial charge in [-0.25, -0.2) is 14.4 Å². The maximum absolute atomic E-state index is 12.8. The second-order valence-electron chi connectivity index (χ2n) is 6.20. The van der Waals surface area contributed by atoms with Gasteiger partial charge in [0.2, 0.25) is 5.91 Å². The Labute approximate surface area is 155 Å². The third-order valence-electron chi connectivity index (χ3n) is 4.10. The summed E-state index contributed by atoms with van der Waals surface area (Å²) in [5, 5.41) is 5.40. The predicted molar refractivity (Wildman–Crippen MR) is 99.1 cm³/mol. The second-order valence-corrected chi connectivity index (χ2v) is 6.20. The molecule has 3 heterocycles. The molecule has 0 aromatic carbocycles. The van der Waals surface area contributed by atoms with E-state index in [1.54, 1.807) is 17.5 Å². The van der Waals surface area contributed by atoms with E-state index < -0.39 is 5.82 Å². The Kier molecular flexibility index (Phi) is 5.44. The molecular weight excluding hydrogens is 349 g/mol. The standard InChI is InChI=1S/C19H20FN5O2/c1-12-5-4-10-25-17(13(2)23-18(12)25)19(27)21-9-3-6-16(26)24-15-8-7-14(20)11-22-15/h4-5,7-8,10-11H,3,6,9H2,1-2H3,(H,21,27)(H,22,24,26). The molecule has 0 spiro atoms. The molecule has 2 N–H and O–H groups in total. The fraction of sp³-hybridized carbons (Fsp3) is 0.263. The summed E-state index contributed by atoms with van der Waals surface area (Å²) in [4.78, 5) is 32.6. The number of amides is 2. The molecule has 0 aliphatic carbocycles. The molecule has 3 aromatic rings. The van der Waals surface area contributed by atoms with E-state index in [-0.39, 0.29) is 18.2 Å². The van der Waals surface area contributed by atoms with E-state index >= 15 is 0 Å².